The van der Waals surface area contributed by atoms with Crippen molar-refractivity contribution in [3.8, 4) is 11.3 Å². The van der Waals surface area contributed by atoms with Crippen molar-refractivity contribution in [1.29, 1.82) is 0 Å². The molecule has 4 aromatic rings. The highest BCUT2D eigenvalue weighted by atomic mass is 32.2. The fraction of sp³-hybridized carbons (Fsp3) is 0.179. The first kappa shape index (κ1) is 23.1. The van der Waals surface area contributed by atoms with Crippen molar-refractivity contribution in [3.63, 3.8) is 0 Å². The van der Waals surface area contributed by atoms with Gasteiger partial charge in [-0.3, -0.25) is 9.78 Å². The molecule has 0 aliphatic heterocycles. The third-order valence-corrected chi connectivity index (χ3v) is 6.63. The van der Waals surface area contributed by atoms with Gasteiger partial charge in [-0.2, -0.15) is 0 Å². The Labute approximate surface area is 209 Å². The summed E-state index contributed by atoms with van der Waals surface area (Å²) >= 11 is 1.69. The number of benzene rings is 3. The molecule has 0 bridgehead atoms. The van der Waals surface area contributed by atoms with E-state index in [0.29, 0.717) is 24.0 Å². The molecule has 35 heavy (non-hydrogen) atoms. The summed E-state index contributed by atoms with van der Waals surface area (Å²) < 4.78 is 9.05. The minimum atomic E-state index is -0.175. The Morgan fingerprint density at radius 3 is 2.46 bits per heavy atom. The second-order valence-corrected chi connectivity index (χ2v) is 9.53. The van der Waals surface area contributed by atoms with Gasteiger partial charge in [0.15, 0.2) is 5.82 Å². The number of aromatic nitrogens is 2. The van der Waals surface area contributed by atoms with Crippen molar-refractivity contribution in [1.82, 2.24) is 9.97 Å². The van der Waals surface area contributed by atoms with E-state index in [1.165, 1.54) is 12.8 Å². The van der Waals surface area contributed by atoms with Gasteiger partial charge < -0.3 is 14.8 Å². The average molecular weight is 483 g/mol. The van der Waals surface area contributed by atoms with Gasteiger partial charge in [-0.15, -0.1) is 0 Å². The Kier molecular flexibility index (Phi) is 7.36. The van der Waals surface area contributed by atoms with Gasteiger partial charge in [0.25, 0.3) is 5.91 Å². The first-order chi connectivity index (χ1) is 17.2. The molecule has 5 rings (SSSR count). The predicted molar refractivity (Wildman–Crippen MR) is 141 cm³/mol. The van der Waals surface area contributed by atoms with Crippen LogP contribution in [0.3, 0.4) is 0 Å². The lowest BCUT2D eigenvalue weighted by molar-refractivity contribution is 0.102. The maximum Gasteiger partial charge on any atom is 0.255 e. The van der Waals surface area contributed by atoms with Crippen molar-refractivity contribution < 1.29 is 9.53 Å². The monoisotopic (exact) mass is 482 g/mol. The van der Waals surface area contributed by atoms with Gasteiger partial charge in [-0.25, -0.2) is 4.98 Å². The van der Waals surface area contributed by atoms with E-state index in [4.69, 9.17) is 4.74 Å². The quantitative estimate of drug-likeness (QED) is 0.257. The first-order valence-electron chi connectivity index (χ1n) is 11.6. The lowest BCUT2D eigenvalue weighted by Crippen LogP contribution is -2.12. The molecule has 1 aromatic heterocycles. The summed E-state index contributed by atoms with van der Waals surface area (Å²) in [6.45, 7) is 1.08. The van der Waals surface area contributed by atoms with Gasteiger partial charge in [0.05, 0.1) is 31.3 Å². The normalized spacial score (nSPS) is 12.8. The number of hydrogen-bond acceptors (Lipinski definition) is 6. The number of nitrogens with one attached hydrogen (secondary N) is 2. The average Bonchev–Trinajstić information content (AvgIpc) is 3.74. The molecule has 3 aromatic carbocycles. The minimum absolute atomic E-state index is 0.175. The van der Waals surface area contributed by atoms with E-state index >= 15 is 0 Å². The van der Waals surface area contributed by atoms with Crippen LogP contribution < -0.4 is 10.0 Å². The number of amides is 1. The second-order valence-electron chi connectivity index (χ2n) is 8.42. The van der Waals surface area contributed by atoms with E-state index in [-0.39, 0.29) is 5.91 Å². The van der Waals surface area contributed by atoms with Crippen molar-refractivity contribution in [3.05, 3.63) is 108 Å². The van der Waals surface area contributed by atoms with E-state index in [0.717, 1.165) is 33.9 Å². The zero-order valence-electron chi connectivity index (χ0n) is 19.2. The molecule has 1 aliphatic rings. The number of nitrogens with zero attached hydrogens (tertiary/aromatic N) is 2. The largest absolute Gasteiger partial charge is 0.372 e. The maximum absolute atomic E-state index is 12.9. The number of carbonyl (C=O) groups excluding carboxylic acids is 1. The number of rotatable bonds is 10. The van der Waals surface area contributed by atoms with Crippen molar-refractivity contribution in [2.24, 2.45) is 0 Å². The lowest BCUT2D eigenvalue weighted by atomic mass is 10.1. The number of carbonyl (C=O) groups is 1. The van der Waals surface area contributed by atoms with Gasteiger partial charge in [-0.1, -0.05) is 54.6 Å². The summed E-state index contributed by atoms with van der Waals surface area (Å²) in [5, 5.41) is 3.64. The fourth-order valence-electron chi connectivity index (χ4n) is 3.45. The zero-order chi connectivity index (χ0) is 23.9. The van der Waals surface area contributed by atoms with E-state index in [1.807, 2.05) is 72.8 Å². The third kappa shape index (κ3) is 6.68. The number of ether oxygens (including phenoxy) is 1. The number of hydrogen-bond donors (Lipinski definition) is 2. The Morgan fingerprint density at radius 1 is 0.914 bits per heavy atom. The topological polar surface area (TPSA) is 76.1 Å². The molecule has 6 nitrogen and oxygen atoms in total. The minimum Gasteiger partial charge on any atom is -0.372 e. The standard InChI is InChI=1S/C28H26N4O2S/c33-28(30-24-11-9-21(10-12-24)19-34-18-20-5-2-1-3-6-20)23-8-4-7-22(15-23)26-16-29-17-27(31-26)32-35-25-13-14-25/h1-12,15-17,25H,13-14,18-19H2,(H,30,33)(H,31,32). The first-order valence-corrected chi connectivity index (χ1v) is 12.5. The van der Waals surface area contributed by atoms with E-state index in [9.17, 15) is 4.79 Å². The summed E-state index contributed by atoms with van der Waals surface area (Å²) in [4.78, 5) is 21.8. The summed E-state index contributed by atoms with van der Waals surface area (Å²) in [7, 11) is 0. The van der Waals surface area contributed by atoms with E-state index in [2.05, 4.69) is 20.0 Å². The fourth-order valence-corrected chi connectivity index (χ4v) is 4.21. The van der Waals surface area contributed by atoms with Crippen molar-refractivity contribution in [2.45, 2.75) is 31.3 Å². The third-order valence-electron chi connectivity index (χ3n) is 5.50. The van der Waals surface area contributed by atoms with Crippen LogP contribution in [-0.2, 0) is 18.0 Å². The molecular weight excluding hydrogens is 456 g/mol. The molecule has 0 unspecified atom stereocenters. The maximum atomic E-state index is 12.9. The van der Waals surface area contributed by atoms with Gasteiger partial charge >= 0.3 is 0 Å². The second kappa shape index (κ2) is 11.2. The van der Waals surface area contributed by atoms with E-state index < -0.39 is 0 Å². The molecule has 1 fully saturated rings. The van der Waals surface area contributed by atoms with E-state index in [1.54, 1.807) is 30.4 Å². The Morgan fingerprint density at radius 2 is 1.69 bits per heavy atom. The van der Waals surface area contributed by atoms with Crippen LogP contribution in [0.4, 0.5) is 11.5 Å². The highest BCUT2D eigenvalue weighted by Crippen LogP contribution is 2.34. The Hall–Kier alpha value is -3.68. The predicted octanol–water partition coefficient (Wildman–Crippen LogP) is 6.34. The van der Waals surface area contributed by atoms with Crippen LogP contribution >= 0.6 is 11.9 Å². The van der Waals surface area contributed by atoms with Crippen LogP contribution in [0.2, 0.25) is 0 Å². The van der Waals surface area contributed by atoms with Crippen LogP contribution in [0.15, 0.2) is 91.3 Å². The van der Waals surface area contributed by atoms with Gasteiger partial charge in [0, 0.05) is 22.1 Å². The summed E-state index contributed by atoms with van der Waals surface area (Å²) in [6, 6.07) is 25.2. The van der Waals surface area contributed by atoms with Gasteiger partial charge in [-0.05, 0) is 60.2 Å². The smallest absolute Gasteiger partial charge is 0.255 e. The van der Waals surface area contributed by atoms with Crippen molar-refractivity contribution in [2.75, 3.05) is 10.0 Å². The van der Waals surface area contributed by atoms with Crippen LogP contribution in [0.5, 0.6) is 0 Å². The summed E-state index contributed by atoms with van der Waals surface area (Å²) in [6.07, 6.45) is 5.91. The van der Waals surface area contributed by atoms with Crippen LogP contribution in [0, 0.1) is 0 Å². The molecule has 176 valence electrons. The summed E-state index contributed by atoms with van der Waals surface area (Å²) in [5.74, 6) is 0.550. The Bertz CT molecular complexity index is 1280. The van der Waals surface area contributed by atoms with Crippen LogP contribution in [0.1, 0.15) is 34.3 Å². The molecule has 1 aliphatic carbocycles. The highest BCUT2D eigenvalue weighted by molar-refractivity contribution is 8.01. The molecule has 0 radical (unpaired) electrons. The number of anilines is 2. The highest BCUT2D eigenvalue weighted by Gasteiger charge is 2.22. The van der Waals surface area contributed by atoms with Crippen LogP contribution in [-0.4, -0.2) is 21.1 Å². The molecule has 0 atom stereocenters. The Balaban J connectivity index is 1.18. The molecule has 0 saturated heterocycles. The molecule has 1 amide bonds. The molecule has 0 spiro atoms. The zero-order valence-corrected chi connectivity index (χ0v) is 20.0. The van der Waals surface area contributed by atoms with Crippen molar-refractivity contribution >= 4 is 29.4 Å². The summed E-state index contributed by atoms with van der Waals surface area (Å²) in [5.41, 5.74) is 5.05. The van der Waals surface area contributed by atoms with Gasteiger partial charge in [0.1, 0.15) is 0 Å². The SMILES string of the molecule is O=C(Nc1ccc(COCc2ccccc2)cc1)c1cccc(-c2cncc(NSC3CC3)n2)c1. The van der Waals surface area contributed by atoms with Gasteiger partial charge in [0.2, 0.25) is 0 Å². The lowest BCUT2D eigenvalue weighted by Gasteiger charge is -2.09. The molecule has 1 heterocycles. The molecule has 7 heteroatoms. The van der Waals surface area contributed by atoms with Crippen LogP contribution in [0.25, 0.3) is 11.3 Å². The molecular formula is C28H26N4O2S. The molecule has 1 saturated carbocycles. The molecule has 2 N–H and O–H groups in total.